The van der Waals surface area contributed by atoms with Crippen molar-refractivity contribution in [3.8, 4) is 28.5 Å². The fourth-order valence-electron chi connectivity index (χ4n) is 4.81. The topological polar surface area (TPSA) is 49.8 Å². The van der Waals surface area contributed by atoms with E-state index in [0.717, 1.165) is 38.7 Å². The van der Waals surface area contributed by atoms with Crippen molar-refractivity contribution in [2.75, 3.05) is 0 Å². The first-order valence-corrected chi connectivity index (χ1v) is 10.8. The Morgan fingerprint density at radius 1 is 0.688 bits per heavy atom. The van der Waals surface area contributed by atoms with E-state index in [1.807, 2.05) is 36.4 Å². The zero-order valence-corrected chi connectivity index (χ0v) is 19.0. The summed E-state index contributed by atoms with van der Waals surface area (Å²) in [6.45, 7) is 0. The highest BCUT2D eigenvalue weighted by Crippen LogP contribution is 2.38. The lowest BCUT2D eigenvalue weighted by atomic mass is 9.59. The molecule has 8 heteroatoms. The van der Waals surface area contributed by atoms with Crippen molar-refractivity contribution in [1.29, 1.82) is 5.26 Å². The molecule has 0 radical (unpaired) electrons. The highest BCUT2D eigenvalue weighted by Gasteiger charge is 2.21. The molecule has 0 N–H and O–H groups in total. The van der Waals surface area contributed by atoms with E-state index in [1.54, 1.807) is 6.20 Å². The number of para-hydroxylation sites is 1. The smallest absolute Gasteiger partial charge is 0.153 e. The minimum atomic E-state index is 0.583. The monoisotopic (exact) mass is 406 g/mol. The maximum absolute atomic E-state index is 10.2. The summed E-state index contributed by atoms with van der Waals surface area (Å²) in [5.41, 5.74) is 12.1. The molecule has 0 aliphatic heterocycles. The van der Waals surface area contributed by atoms with Crippen LogP contribution < -0.4 is 27.3 Å². The van der Waals surface area contributed by atoms with Crippen molar-refractivity contribution in [2.45, 2.75) is 0 Å². The quantitative estimate of drug-likeness (QED) is 0.305. The first-order valence-electron chi connectivity index (χ1n) is 10.8. The summed E-state index contributed by atoms with van der Waals surface area (Å²) < 4.78 is 6.42. The van der Waals surface area contributed by atoms with Crippen LogP contribution >= 0.6 is 0 Å². The van der Waals surface area contributed by atoms with Gasteiger partial charge in [0, 0.05) is 28.1 Å². The van der Waals surface area contributed by atoms with Gasteiger partial charge in [0.05, 0.1) is 5.69 Å². The summed E-state index contributed by atoms with van der Waals surface area (Å²) in [5, 5.41) is 12.2. The van der Waals surface area contributed by atoms with E-state index in [0.29, 0.717) is 11.1 Å². The van der Waals surface area contributed by atoms with Gasteiger partial charge in [0.2, 0.25) is 0 Å². The SMILES string of the molecule is Bc1c(B)c(B)c(-c2ccc3c(oc4c(-c5ccccn5)cccc43)c2C#N)c(B)c1B. The zero-order chi connectivity index (χ0) is 22.6. The van der Waals surface area contributed by atoms with Crippen molar-refractivity contribution in [3.63, 3.8) is 0 Å². The van der Waals surface area contributed by atoms with Gasteiger partial charge in [0.1, 0.15) is 56.4 Å². The number of benzene rings is 3. The second kappa shape index (κ2) is 7.53. The number of hydrogen-bond acceptors (Lipinski definition) is 3. The molecule has 32 heavy (non-hydrogen) atoms. The number of hydrogen-bond donors (Lipinski definition) is 0. The normalized spacial score (nSPS) is 11.1. The summed E-state index contributed by atoms with van der Waals surface area (Å²) >= 11 is 0. The lowest BCUT2D eigenvalue weighted by Crippen LogP contribution is -2.55. The van der Waals surface area contributed by atoms with Crippen LogP contribution in [0, 0.1) is 11.3 Å². The second-order valence-electron chi connectivity index (χ2n) is 8.48. The molecule has 146 valence electrons. The van der Waals surface area contributed by atoms with E-state index in [2.05, 4.69) is 62.4 Å². The highest BCUT2D eigenvalue weighted by atomic mass is 16.3. The van der Waals surface area contributed by atoms with E-state index in [1.165, 1.54) is 27.3 Å². The third kappa shape index (κ3) is 2.85. The fourth-order valence-corrected chi connectivity index (χ4v) is 4.81. The van der Waals surface area contributed by atoms with Crippen LogP contribution in [0.2, 0.25) is 0 Å². The summed E-state index contributed by atoms with van der Waals surface area (Å²) in [6.07, 6.45) is 1.78. The number of aromatic nitrogens is 1. The summed E-state index contributed by atoms with van der Waals surface area (Å²) in [4.78, 5) is 4.50. The van der Waals surface area contributed by atoms with Crippen molar-refractivity contribution >= 4 is 88.5 Å². The molecule has 0 fully saturated rings. The Bertz CT molecular complexity index is 1560. The highest BCUT2D eigenvalue weighted by molar-refractivity contribution is 6.68. The van der Waals surface area contributed by atoms with Crippen molar-refractivity contribution in [3.05, 3.63) is 60.3 Å². The number of rotatable bonds is 2. The Hall–Kier alpha value is -3.58. The van der Waals surface area contributed by atoms with Gasteiger partial charge < -0.3 is 4.42 Å². The van der Waals surface area contributed by atoms with Crippen molar-refractivity contribution in [1.82, 2.24) is 4.98 Å². The maximum atomic E-state index is 10.2. The molecule has 3 nitrogen and oxygen atoms in total. The van der Waals surface area contributed by atoms with E-state index in [9.17, 15) is 5.26 Å². The lowest BCUT2D eigenvalue weighted by Gasteiger charge is -2.21. The molecule has 0 unspecified atom stereocenters. The van der Waals surface area contributed by atoms with Gasteiger partial charge in [-0.3, -0.25) is 4.98 Å². The fraction of sp³-hybridized carbons (Fsp3) is 0. The molecular weight excluding hydrogens is 386 g/mol. The minimum absolute atomic E-state index is 0.583. The van der Waals surface area contributed by atoms with E-state index < -0.39 is 0 Å². The first kappa shape index (κ1) is 20.3. The van der Waals surface area contributed by atoms with Crippen LogP contribution in [0.4, 0.5) is 0 Å². The number of fused-ring (bicyclic) bond motifs is 3. The lowest BCUT2D eigenvalue weighted by molar-refractivity contribution is 0.668. The predicted molar refractivity (Wildman–Crippen MR) is 148 cm³/mol. The number of nitriles is 1. The third-order valence-electron chi connectivity index (χ3n) is 6.99. The van der Waals surface area contributed by atoms with Gasteiger partial charge in [-0.05, 0) is 29.8 Å². The van der Waals surface area contributed by atoms with Crippen LogP contribution in [0.25, 0.3) is 44.3 Å². The van der Waals surface area contributed by atoms with Crippen LogP contribution in [0.3, 0.4) is 0 Å². The molecular formula is C24H19B5N2O. The summed E-state index contributed by atoms with van der Waals surface area (Å²) in [5.74, 6) is 0. The van der Waals surface area contributed by atoms with E-state index in [-0.39, 0.29) is 0 Å². The first-order chi connectivity index (χ1) is 15.4. The van der Waals surface area contributed by atoms with Crippen molar-refractivity contribution in [2.24, 2.45) is 0 Å². The molecule has 0 saturated carbocycles. The number of nitrogens with zero attached hydrogens (tertiary/aromatic N) is 2. The van der Waals surface area contributed by atoms with E-state index >= 15 is 0 Å². The minimum Gasteiger partial charge on any atom is -0.454 e. The van der Waals surface area contributed by atoms with Gasteiger partial charge in [-0.2, -0.15) is 5.26 Å². The van der Waals surface area contributed by atoms with Gasteiger partial charge >= 0.3 is 0 Å². The van der Waals surface area contributed by atoms with Crippen LogP contribution in [-0.4, -0.2) is 44.2 Å². The molecule has 5 rings (SSSR count). The summed E-state index contributed by atoms with van der Waals surface area (Å²) in [6, 6.07) is 18.5. The largest absolute Gasteiger partial charge is 0.454 e. The standard InChI is InChI=1S/C24H19B5N2O/c25-18-17(19(26)21(28)22(29)20(18)27)11-7-8-13-12-4-3-5-14(16-6-1-2-9-31-16)23(12)32-24(13)15(11)10-30/h1-9H,25-29H2. The Kier molecular flexibility index (Phi) is 4.79. The van der Waals surface area contributed by atoms with Gasteiger partial charge in [-0.25, -0.2) is 0 Å². The predicted octanol–water partition coefficient (Wildman–Crippen LogP) is -2.52. The molecule has 3 aromatic carbocycles. The average molecular weight is 405 g/mol. The van der Waals surface area contributed by atoms with Crippen LogP contribution in [-0.2, 0) is 0 Å². The average Bonchev–Trinajstić information content (AvgIpc) is 3.21. The van der Waals surface area contributed by atoms with Gasteiger partial charge in [-0.15, -0.1) is 16.4 Å². The molecule has 0 spiro atoms. The molecule has 0 aliphatic rings. The molecule has 0 atom stereocenters. The number of furan rings is 1. The Morgan fingerprint density at radius 3 is 2.03 bits per heavy atom. The van der Waals surface area contributed by atoms with Gasteiger partial charge in [-0.1, -0.05) is 35.2 Å². The van der Waals surface area contributed by atoms with Gasteiger partial charge in [0.25, 0.3) is 0 Å². The Morgan fingerprint density at radius 2 is 1.38 bits per heavy atom. The molecule has 0 saturated heterocycles. The Labute approximate surface area is 191 Å². The van der Waals surface area contributed by atoms with Crippen LogP contribution in [0.1, 0.15) is 5.56 Å². The molecule has 0 aliphatic carbocycles. The molecule has 0 amide bonds. The molecule has 2 aromatic heterocycles. The maximum Gasteiger partial charge on any atom is 0.153 e. The Balaban J connectivity index is 1.87. The summed E-state index contributed by atoms with van der Waals surface area (Å²) in [7, 11) is 10.8. The number of pyridine rings is 1. The van der Waals surface area contributed by atoms with Crippen LogP contribution in [0.5, 0.6) is 0 Å². The van der Waals surface area contributed by atoms with Gasteiger partial charge in [0.15, 0.2) is 5.58 Å². The van der Waals surface area contributed by atoms with E-state index in [4.69, 9.17) is 4.42 Å². The molecule has 5 aromatic rings. The zero-order valence-electron chi connectivity index (χ0n) is 19.0. The molecule has 0 bridgehead atoms. The molecule has 2 heterocycles. The third-order valence-corrected chi connectivity index (χ3v) is 6.99. The van der Waals surface area contributed by atoms with Crippen molar-refractivity contribution < 1.29 is 4.42 Å². The van der Waals surface area contributed by atoms with Crippen LogP contribution in [0.15, 0.2) is 59.1 Å². The second-order valence-corrected chi connectivity index (χ2v) is 8.48.